The van der Waals surface area contributed by atoms with E-state index in [0.29, 0.717) is 6.42 Å². The largest absolute Gasteiger partial charge is 0.356 e. The lowest BCUT2D eigenvalue weighted by molar-refractivity contribution is -0.135. The Morgan fingerprint density at radius 3 is 2.50 bits per heavy atom. The first-order chi connectivity index (χ1) is 14.2. The summed E-state index contributed by atoms with van der Waals surface area (Å²) >= 11 is 0. The SMILES string of the molecule is Cl.O=C1NCCCCCCNC2CC(C(=O)N3CCN(c4ccccn4)CC3)CC12. The lowest BCUT2D eigenvalue weighted by Gasteiger charge is -2.36. The smallest absolute Gasteiger partial charge is 0.225 e. The normalized spacial score (nSPS) is 28.0. The summed E-state index contributed by atoms with van der Waals surface area (Å²) in [6.07, 6.45) is 7.81. The molecule has 1 saturated carbocycles. The second-order valence-electron chi connectivity index (χ2n) is 8.54. The average molecular weight is 436 g/mol. The van der Waals surface area contributed by atoms with Gasteiger partial charge in [0.15, 0.2) is 0 Å². The molecule has 1 aliphatic carbocycles. The standard InChI is InChI=1S/C22H33N5O2.ClH/c28-21-18-15-17(16-19(18)23-8-4-1-2-5-10-25-21)22(29)27-13-11-26(12-14-27)20-7-3-6-9-24-20;/h3,6-7,9,17-19,23H,1-2,4-5,8,10-16H2,(H,25,28);1H. The van der Waals surface area contributed by atoms with Crippen molar-refractivity contribution in [1.82, 2.24) is 20.5 Å². The highest BCUT2D eigenvalue weighted by Gasteiger charge is 2.42. The molecule has 2 amide bonds. The monoisotopic (exact) mass is 435 g/mol. The number of fused-ring (bicyclic) bond motifs is 1. The number of nitrogens with one attached hydrogen (secondary N) is 2. The summed E-state index contributed by atoms with van der Waals surface area (Å²) < 4.78 is 0. The molecule has 2 N–H and O–H groups in total. The van der Waals surface area contributed by atoms with Crippen molar-refractivity contribution in [2.75, 3.05) is 44.2 Å². The van der Waals surface area contributed by atoms with Crippen LogP contribution in [0.25, 0.3) is 0 Å². The molecular weight excluding hydrogens is 402 g/mol. The molecule has 2 aliphatic heterocycles. The molecule has 166 valence electrons. The fraction of sp³-hybridized carbons (Fsp3) is 0.682. The van der Waals surface area contributed by atoms with E-state index >= 15 is 0 Å². The maximum absolute atomic E-state index is 13.2. The third kappa shape index (κ3) is 5.43. The highest BCUT2D eigenvalue weighted by Crippen LogP contribution is 2.33. The van der Waals surface area contributed by atoms with Gasteiger partial charge >= 0.3 is 0 Å². The van der Waals surface area contributed by atoms with Crippen molar-refractivity contribution in [3.05, 3.63) is 24.4 Å². The lowest BCUT2D eigenvalue weighted by atomic mass is 10.0. The molecule has 3 aliphatic rings. The minimum atomic E-state index is -0.0862. The van der Waals surface area contributed by atoms with E-state index in [0.717, 1.165) is 64.3 Å². The van der Waals surface area contributed by atoms with Crippen LogP contribution in [0.5, 0.6) is 0 Å². The Kier molecular flexibility index (Phi) is 8.33. The first-order valence-corrected chi connectivity index (χ1v) is 11.2. The van der Waals surface area contributed by atoms with E-state index in [-0.39, 0.29) is 42.1 Å². The summed E-state index contributed by atoms with van der Waals surface area (Å²) in [6, 6.07) is 6.05. The van der Waals surface area contributed by atoms with E-state index in [1.807, 2.05) is 29.3 Å². The quantitative estimate of drug-likeness (QED) is 0.741. The van der Waals surface area contributed by atoms with Gasteiger partial charge in [0.2, 0.25) is 11.8 Å². The predicted molar refractivity (Wildman–Crippen MR) is 120 cm³/mol. The molecule has 8 heteroatoms. The fourth-order valence-corrected chi connectivity index (χ4v) is 4.94. The third-order valence-corrected chi connectivity index (χ3v) is 6.62. The van der Waals surface area contributed by atoms with E-state index in [9.17, 15) is 9.59 Å². The number of carbonyl (C=O) groups excluding carboxylic acids is 2. The molecule has 0 radical (unpaired) electrons. The van der Waals surface area contributed by atoms with Gasteiger partial charge < -0.3 is 20.4 Å². The maximum atomic E-state index is 13.2. The minimum Gasteiger partial charge on any atom is -0.356 e. The van der Waals surface area contributed by atoms with Crippen LogP contribution in [-0.2, 0) is 9.59 Å². The zero-order chi connectivity index (χ0) is 20.1. The van der Waals surface area contributed by atoms with Gasteiger partial charge in [0.05, 0.1) is 5.92 Å². The molecule has 0 spiro atoms. The molecule has 0 bridgehead atoms. The zero-order valence-electron chi connectivity index (χ0n) is 17.6. The van der Waals surface area contributed by atoms with Crippen LogP contribution in [0.2, 0.25) is 0 Å². The number of aromatic nitrogens is 1. The number of piperazine rings is 1. The van der Waals surface area contributed by atoms with Crippen molar-refractivity contribution in [3.63, 3.8) is 0 Å². The first kappa shape index (κ1) is 22.8. The summed E-state index contributed by atoms with van der Waals surface area (Å²) in [6.45, 7) is 4.76. The number of halogens is 1. The van der Waals surface area contributed by atoms with Crippen molar-refractivity contribution in [3.8, 4) is 0 Å². The topological polar surface area (TPSA) is 77.6 Å². The highest BCUT2D eigenvalue weighted by atomic mass is 35.5. The van der Waals surface area contributed by atoms with E-state index in [1.165, 1.54) is 12.8 Å². The number of carbonyl (C=O) groups is 2. The van der Waals surface area contributed by atoms with Crippen LogP contribution in [0.3, 0.4) is 0 Å². The Morgan fingerprint density at radius 1 is 1.00 bits per heavy atom. The van der Waals surface area contributed by atoms with Gasteiger partial charge in [-0.15, -0.1) is 12.4 Å². The van der Waals surface area contributed by atoms with Gasteiger partial charge in [-0.2, -0.15) is 0 Å². The van der Waals surface area contributed by atoms with Crippen LogP contribution in [0.15, 0.2) is 24.4 Å². The molecular formula is C22H34ClN5O2. The van der Waals surface area contributed by atoms with Crippen LogP contribution in [0.1, 0.15) is 38.5 Å². The number of rotatable bonds is 2. The van der Waals surface area contributed by atoms with Crippen molar-refractivity contribution >= 4 is 30.0 Å². The van der Waals surface area contributed by atoms with Crippen LogP contribution in [0.4, 0.5) is 5.82 Å². The first-order valence-electron chi connectivity index (χ1n) is 11.2. The van der Waals surface area contributed by atoms with Crippen LogP contribution < -0.4 is 15.5 Å². The molecule has 0 aromatic carbocycles. The van der Waals surface area contributed by atoms with Crippen molar-refractivity contribution < 1.29 is 9.59 Å². The number of hydrogen-bond acceptors (Lipinski definition) is 5. The van der Waals surface area contributed by atoms with E-state index in [1.54, 1.807) is 0 Å². The van der Waals surface area contributed by atoms with Gasteiger partial charge in [-0.1, -0.05) is 18.9 Å². The summed E-state index contributed by atoms with van der Waals surface area (Å²) in [4.78, 5) is 34.5. The maximum Gasteiger partial charge on any atom is 0.225 e. The Balaban J connectivity index is 0.00000256. The molecule has 1 aromatic heterocycles. The Labute approximate surface area is 185 Å². The predicted octanol–water partition coefficient (Wildman–Crippen LogP) is 1.83. The summed E-state index contributed by atoms with van der Waals surface area (Å²) in [7, 11) is 0. The second kappa shape index (κ2) is 11.0. The van der Waals surface area contributed by atoms with Gasteiger partial charge in [0.1, 0.15) is 5.82 Å². The summed E-state index contributed by atoms with van der Waals surface area (Å²) in [5, 5.41) is 6.67. The van der Waals surface area contributed by atoms with E-state index in [2.05, 4.69) is 20.5 Å². The molecule has 2 saturated heterocycles. The van der Waals surface area contributed by atoms with Gasteiger partial charge in [-0.05, 0) is 44.4 Å². The molecule has 4 rings (SSSR count). The van der Waals surface area contributed by atoms with Gasteiger partial charge in [0.25, 0.3) is 0 Å². The number of pyridine rings is 1. The van der Waals surface area contributed by atoms with Crippen LogP contribution >= 0.6 is 12.4 Å². The Bertz CT molecular complexity index is 696. The van der Waals surface area contributed by atoms with Crippen molar-refractivity contribution in [2.24, 2.45) is 11.8 Å². The molecule has 1 aromatic rings. The summed E-state index contributed by atoms with van der Waals surface area (Å²) in [5.41, 5.74) is 0. The molecule has 3 atom stereocenters. The van der Waals surface area contributed by atoms with E-state index < -0.39 is 0 Å². The molecule has 7 nitrogen and oxygen atoms in total. The number of nitrogens with zero attached hydrogens (tertiary/aromatic N) is 3. The molecule has 3 unspecified atom stereocenters. The Morgan fingerprint density at radius 2 is 1.77 bits per heavy atom. The van der Waals surface area contributed by atoms with Crippen LogP contribution in [-0.4, -0.2) is 67.0 Å². The highest BCUT2D eigenvalue weighted by molar-refractivity contribution is 5.85. The lowest BCUT2D eigenvalue weighted by Crippen LogP contribution is -2.50. The minimum absolute atomic E-state index is 0. The molecule has 3 heterocycles. The fourth-order valence-electron chi connectivity index (χ4n) is 4.94. The molecule has 30 heavy (non-hydrogen) atoms. The zero-order valence-corrected chi connectivity index (χ0v) is 18.4. The van der Waals surface area contributed by atoms with Crippen molar-refractivity contribution in [1.29, 1.82) is 0 Å². The van der Waals surface area contributed by atoms with Gasteiger partial charge in [0, 0.05) is 50.9 Å². The number of amides is 2. The van der Waals surface area contributed by atoms with Crippen molar-refractivity contribution in [2.45, 2.75) is 44.6 Å². The average Bonchev–Trinajstić information content (AvgIpc) is 3.18. The summed E-state index contributed by atoms with van der Waals surface area (Å²) in [5.74, 6) is 1.19. The third-order valence-electron chi connectivity index (χ3n) is 6.62. The number of anilines is 1. The van der Waals surface area contributed by atoms with Gasteiger partial charge in [-0.3, -0.25) is 9.59 Å². The van der Waals surface area contributed by atoms with Crippen LogP contribution in [0, 0.1) is 11.8 Å². The Hall–Kier alpha value is -1.86. The van der Waals surface area contributed by atoms with Gasteiger partial charge in [-0.25, -0.2) is 4.98 Å². The molecule has 3 fully saturated rings. The van der Waals surface area contributed by atoms with E-state index in [4.69, 9.17) is 0 Å². The number of hydrogen-bond donors (Lipinski definition) is 2. The second-order valence-corrected chi connectivity index (χ2v) is 8.54.